The number of hydrogen-bond donors (Lipinski definition) is 1. The normalized spacial score (nSPS) is 26.1. The van der Waals surface area contributed by atoms with Crippen molar-refractivity contribution in [1.29, 1.82) is 0 Å². The number of hydrogen-bond acceptors (Lipinski definition) is 4. The predicted octanol–water partition coefficient (Wildman–Crippen LogP) is -0.224. The Balaban J connectivity index is 1.93. The molecule has 2 fully saturated rings. The summed E-state index contributed by atoms with van der Waals surface area (Å²) in [5, 5.41) is 2.71. The summed E-state index contributed by atoms with van der Waals surface area (Å²) < 4.78 is 24.1. The van der Waals surface area contributed by atoms with Crippen LogP contribution in [-0.2, 0) is 14.6 Å². The average molecular weight is 260 g/mol. The van der Waals surface area contributed by atoms with Crippen LogP contribution in [0.15, 0.2) is 0 Å². The van der Waals surface area contributed by atoms with Crippen molar-refractivity contribution in [3.8, 4) is 0 Å². The third kappa shape index (κ3) is 3.19. The van der Waals surface area contributed by atoms with Gasteiger partial charge in [0.15, 0.2) is 9.84 Å². The molecular weight excluding hydrogens is 240 g/mol. The molecule has 1 atom stereocenters. The van der Waals surface area contributed by atoms with E-state index in [0.717, 1.165) is 38.9 Å². The molecule has 0 aromatic rings. The maximum atomic E-state index is 12.1. The maximum Gasteiger partial charge on any atom is 0.237 e. The molecule has 2 heterocycles. The molecule has 0 saturated carbocycles. The fraction of sp³-hybridized carbons (Fsp3) is 0.909. The van der Waals surface area contributed by atoms with Crippen LogP contribution in [0.3, 0.4) is 0 Å². The highest BCUT2D eigenvalue weighted by molar-refractivity contribution is 7.92. The second-order valence-corrected chi connectivity index (χ2v) is 7.14. The smallest absolute Gasteiger partial charge is 0.237 e. The number of piperidine rings is 1. The van der Waals surface area contributed by atoms with Crippen molar-refractivity contribution in [3.63, 3.8) is 0 Å². The summed E-state index contributed by atoms with van der Waals surface area (Å²) >= 11 is 0. The Labute approximate surface area is 102 Å². The first-order valence-corrected chi connectivity index (χ1v) is 8.01. The van der Waals surface area contributed by atoms with Gasteiger partial charge in [0.25, 0.3) is 0 Å². The van der Waals surface area contributed by atoms with Crippen molar-refractivity contribution in [2.24, 2.45) is 0 Å². The fourth-order valence-corrected chi connectivity index (χ4v) is 4.13. The predicted molar refractivity (Wildman–Crippen MR) is 65.5 cm³/mol. The van der Waals surface area contributed by atoms with Gasteiger partial charge in [0.05, 0.1) is 5.25 Å². The van der Waals surface area contributed by atoms with Crippen LogP contribution in [0.4, 0.5) is 0 Å². The van der Waals surface area contributed by atoms with Gasteiger partial charge in [-0.2, -0.15) is 0 Å². The van der Waals surface area contributed by atoms with E-state index < -0.39 is 9.84 Å². The Morgan fingerprint density at radius 3 is 2.53 bits per heavy atom. The largest absolute Gasteiger partial charge is 0.342 e. The molecule has 6 heteroatoms. The lowest BCUT2D eigenvalue weighted by Crippen LogP contribution is -2.43. The summed E-state index contributed by atoms with van der Waals surface area (Å²) in [6, 6.07) is 0. The number of amides is 1. The van der Waals surface area contributed by atoms with Gasteiger partial charge in [-0.05, 0) is 32.2 Å². The molecule has 0 aliphatic carbocycles. The van der Waals surface area contributed by atoms with Gasteiger partial charge in [-0.3, -0.25) is 4.79 Å². The van der Waals surface area contributed by atoms with Gasteiger partial charge in [-0.15, -0.1) is 0 Å². The molecule has 1 amide bonds. The molecular formula is C11H20N2O3S. The Morgan fingerprint density at radius 1 is 1.24 bits per heavy atom. The first kappa shape index (κ1) is 12.8. The molecule has 5 nitrogen and oxygen atoms in total. The molecule has 1 unspecified atom stereocenters. The van der Waals surface area contributed by atoms with Gasteiger partial charge < -0.3 is 10.2 Å². The Bertz CT molecular complexity index is 368. The second kappa shape index (κ2) is 5.35. The lowest BCUT2D eigenvalue weighted by molar-refractivity contribution is -0.127. The third-order valence-corrected chi connectivity index (χ3v) is 5.61. The maximum absolute atomic E-state index is 12.1. The number of carbonyl (C=O) groups is 1. The van der Waals surface area contributed by atoms with Crippen LogP contribution in [0.5, 0.6) is 0 Å². The van der Waals surface area contributed by atoms with E-state index in [9.17, 15) is 13.2 Å². The summed E-state index contributed by atoms with van der Waals surface area (Å²) in [5.41, 5.74) is 0. The topological polar surface area (TPSA) is 66.5 Å². The van der Waals surface area contributed by atoms with E-state index in [1.54, 1.807) is 4.90 Å². The van der Waals surface area contributed by atoms with Crippen molar-refractivity contribution in [3.05, 3.63) is 0 Å². The minimum absolute atomic E-state index is 0.215. The quantitative estimate of drug-likeness (QED) is 0.761. The summed E-state index contributed by atoms with van der Waals surface area (Å²) in [6.07, 6.45) is 3.55. The van der Waals surface area contributed by atoms with Gasteiger partial charge in [0, 0.05) is 19.6 Å². The summed E-state index contributed by atoms with van der Waals surface area (Å²) in [5.74, 6) is -0.521. The summed E-state index contributed by atoms with van der Waals surface area (Å²) in [6.45, 7) is 2.82. The third-order valence-electron chi connectivity index (χ3n) is 3.54. The molecule has 2 aliphatic rings. The van der Waals surface area contributed by atoms with Crippen LogP contribution in [0.25, 0.3) is 0 Å². The van der Waals surface area contributed by atoms with Gasteiger partial charge in [-0.1, -0.05) is 0 Å². The SMILES string of the molecule is O=C(CS(=O)(=O)C1CCCNC1)N1CCCC1. The summed E-state index contributed by atoms with van der Waals surface area (Å²) in [7, 11) is -3.27. The minimum Gasteiger partial charge on any atom is -0.342 e. The molecule has 98 valence electrons. The first-order valence-electron chi connectivity index (χ1n) is 6.30. The van der Waals surface area contributed by atoms with Crippen molar-refractivity contribution in [2.45, 2.75) is 30.9 Å². The van der Waals surface area contributed by atoms with E-state index in [1.165, 1.54) is 0 Å². The van der Waals surface area contributed by atoms with E-state index in [-0.39, 0.29) is 16.9 Å². The van der Waals surface area contributed by atoms with Crippen molar-refractivity contribution in [2.75, 3.05) is 31.9 Å². The van der Waals surface area contributed by atoms with Crippen LogP contribution >= 0.6 is 0 Å². The second-order valence-electron chi connectivity index (χ2n) is 4.86. The lowest BCUT2D eigenvalue weighted by Gasteiger charge is -2.23. The monoisotopic (exact) mass is 260 g/mol. The van der Waals surface area contributed by atoms with Gasteiger partial charge in [-0.25, -0.2) is 8.42 Å². The van der Waals surface area contributed by atoms with Gasteiger partial charge in [0.1, 0.15) is 5.75 Å². The number of carbonyl (C=O) groups excluding carboxylic acids is 1. The zero-order chi connectivity index (χ0) is 12.3. The fourth-order valence-electron chi connectivity index (χ4n) is 2.47. The van der Waals surface area contributed by atoms with E-state index >= 15 is 0 Å². The van der Waals surface area contributed by atoms with E-state index in [2.05, 4.69) is 5.32 Å². The Hall–Kier alpha value is -0.620. The highest BCUT2D eigenvalue weighted by Crippen LogP contribution is 2.15. The molecule has 0 aromatic heterocycles. The number of nitrogens with zero attached hydrogens (tertiary/aromatic N) is 1. The number of sulfone groups is 1. The van der Waals surface area contributed by atoms with Gasteiger partial charge in [0.2, 0.25) is 5.91 Å². The van der Waals surface area contributed by atoms with Crippen LogP contribution in [0.1, 0.15) is 25.7 Å². The van der Waals surface area contributed by atoms with Crippen LogP contribution in [0, 0.1) is 0 Å². The molecule has 0 aromatic carbocycles. The van der Waals surface area contributed by atoms with E-state index in [4.69, 9.17) is 0 Å². The highest BCUT2D eigenvalue weighted by Gasteiger charge is 2.31. The van der Waals surface area contributed by atoms with Gasteiger partial charge >= 0.3 is 0 Å². The molecule has 2 saturated heterocycles. The summed E-state index contributed by atoms with van der Waals surface area (Å²) in [4.78, 5) is 13.5. The Kier molecular flexibility index (Phi) is 4.04. The van der Waals surface area contributed by atoms with Crippen molar-refractivity contribution < 1.29 is 13.2 Å². The van der Waals surface area contributed by atoms with E-state index in [0.29, 0.717) is 13.0 Å². The molecule has 1 N–H and O–H groups in total. The molecule has 17 heavy (non-hydrogen) atoms. The van der Waals surface area contributed by atoms with Crippen molar-refractivity contribution >= 4 is 15.7 Å². The molecule has 2 aliphatic heterocycles. The molecule has 0 radical (unpaired) electrons. The molecule has 0 bridgehead atoms. The number of likely N-dealkylation sites (tertiary alicyclic amines) is 1. The minimum atomic E-state index is -3.27. The first-order chi connectivity index (χ1) is 8.09. The zero-order valence-corrected chi connectivity index (χ0v) is 10.8. The lowest BCUT2D eigenvalue weighted by atomic mass is 10.2. The molecule has 0 spiro atoms. The van der Waals surface area contributed by atoms with Crippen LogP contribution in [0.2, 0.25) is 0 Å². The van der Waals surface area contributed by atoms with Crippen LogP contribution < -0.4 is 5.32 Å². The Morgan fingerprint density at radius 2 is 1.94 bits per heavy atom. The van der Waals surface area contributed by atoms with E-state index in [1.807, 2.05) is 0 Å². The number of rotatable bonds is 3. The average Bonchev–Trinajstić information content (AvgIpc) is 2.83. The highest BCUT2D eigenvalue weighted by atomic mass is 32.2. The van der Waals surface area contributed by atoms with Crippen molar-refractivity contribution in [1.82, 2.24) is 10.2 Å². The van der Waals surface area contributed by atoms with Crippen LogP contribution in [-0.4, -0.2) is 56.4 Å². The molecule has 2 rings (SSSR count). The standard InChI is InChI=1S/C11H20N2O3S/c14-11(13-6-1-2-7-13)9-17(15,16)10-4-3-5-12-8-10/h10,12H,1-9H2. The zero-order valence-electron chi connectivity index (χ0n) is 10.0. The number of nitrogens with one attached hydrogen (secondary N) is 1.